The van der Waals surface area contributed by atoms with E-state index in [4.69, 9.17) is 10.5 Å². The average Bonchev–Trinajstić information content (AvgIpc) is 2.81. The fourth-order valence-electron chi connectivity index (χ4n) is 2.53. The topological polar surface area (TPSA) is 84.6 Å². The highest BCUT2D eigenvalue weighted by molar-refractivity contribution is 6.01. The van der Waals surface area contributed by atoms with Crippen LogP contribution in [-0.4, -0.2) is 30.8 Å². The Labute approximate surface area is 112 Å². The predicted molar refractivity (Wildman–Crippen MR) is 73.1 cm³/mol. The van der Waals surface area contributed by atoms with E-state index in [1.165, 1.54) is 7.11 Å². The molecule has 0 bridgehead atoms. The second-order valence-electron chi connectivity index (χ2n) is 4.89. The Hall–Kier alpha value is -1.75. The van der Waals surface area contributed by atoms with Crippen molar-refractivity contribution < 1.29 is 14.6 Å². The first-order chi connectivity index (χ1) is 9.13. The summed E-state index contributed by atoms with van der Waals surface area (Å²) in [6, 6.07) is 5.11. The van der Waals surface area contributed by atoms with E-state index in [2.05, 4.69) is 5.32 Å². The van der Waals surface area contributed by atoms with Crippen molar-refractivity contribution in [3.05, 3.63) is 23.8 Å². The lowest BCUT2D eigenvalue weighted by Crippen LogP contribution is -2.33. The van der Waals surface area contributed by atoms with Gasteiger partial charge in [0.1, 0.15) is 11.3 Å². The Morgan fingerprint density at radius 2 is 2.32 bits per heavy atom. The molecule has 0 radical (unpaired) electrons. The molecule has 2 unspecified atom stereocenters. The molecule has 19 heavy (non-hydrogen) atoms. The first-order valence-corrected chi connectivity index (χ1v) is 6.52. The molecule has 2 atom stereocenters. The number of methoxy groups -OCH3 is 1. The van der Waals surface area contributed by atoms with Gasteiger partial charge in [-0.1, -0.05) is 12.5 Å². The minimum absolute atomic E-state index is 0.139. The third-order valence-electron chi connectivity index (χ3n) is 3.65. The zero-order chi connectivity index (χ0) is 13.8. The standard InChI is InChI=1S/C14H20N2O3/c1-19-12-7-3-5-10(15)13(12)14(18)16-8-9-4-2-6-11(9)17/h3,5,7,9,11,17H,2,4,6,8,15H2,1H3,(H,16,18). The predicted octanol–water partition coefficient (Wildman–Crippen LogP) is 1.17. The van der Waals surface area contributed by atoms with Gasteiger partial charge >= 0.3 is 0 Å². The summed E-state index contributed by atoms with van der Waals surface area (Å²) < 4.78 is 5.15. The minimum atomic E-state index is -0.310. The number of carbonyl (C=O) groups is 1. The lowest BCUT2D eigenvalue weighted by molar-refractivity contribution is 0.0915. The van der Waals surface area contributed by atoms with Crippen LogP contribution in [0.5, 0.6) is 5.75 Å². The van der Waals surface area contributed by atoms with Crippen molar-refractivity contribution in [3.8, 4) is 5.75 Å². The number of nitrogens with two attached hydrogens (primary N) is 1. The quantitative estimate of drug-likeness (QED) is 0.713. The van der Waals surface area contributed by atoms with E-state index < -0.39 is 0 Å². The van der Waals surface area contributed by atoms with Crippen LogP contribution < -0.4 is 15.8 Å². The molecule has 5 nitrogen and oxygen atoms in total. The minimum Gasteiger partial charge on any atom is -0.496 e. The van der Waals surface area contributed by atoms with Gasteiger partial charge in [0, 0.05) is 18.2 Å². The number of ether oxygens (including phenoxy) is 1. The van der Waals surface area contributed by atoms with E-state index in [1.54, 1.807) is 18.2 Å². The van der Waals surface area contributed by atoms with Gasteiger partial charge in [0.25, 0.3) is 5.91 Å². The van der Waals surface area contributed by atoms with E-state index in [9.17, 15) is 9.90 Å². The number of nitrogens with one attached hydrogen (secondary N) is 1. The number of anilines is 1. The third kappa shape index (κ3) is 2.98. The third-order valence-corrected chi connectivity index (χ3v) is 3.65. The van der Waals surface area contributed by atoms with Gasteiger partial charge in [-0.15, -0.1) is 0 Å². The molecule has 1 aromatic rings. The molecule has 1 saturated carbocycles. The highest BCUT2D eigenvalue weighted by Crippen LogP contribution is 2.26. The molecule has 0 heterocycles. The number of benzene rings is 1. The van der Waals surface area contributed by atoms with Gasteiger partial charge in [-0.2, -0.15) is 0 Å². The number of rotatable bonds is 4. The molecule has 1 fully saturated rings. The molecule has 0 aliphatic heterocycles. The molecule has 2 rings (SSSR count). The van der Waals surface area contributed by atoms with Crippen molar-refractivity contribution in [1.82, 2.24) is 5.32 Å². The van der Waals surface area contributed by atoms with Crippen molar-refractivity contribution in [1.29, 1.82) is 0 Å². The molecule has 0 spiro atoms. The number of aliphatic hydroxyl groups excluding tert-OH is 1. The smallest absolute Gasteiger partial charge is 0.257 e. The summed E-state index contributed by atoms with van der Waals surface area (Å²) in [5.41, 5.74) is 6.57. The van der Waals surface area contributed by atoms with Crippen molar-refractivity contribution in [3.63, 3.8) is 0 Å². The van der Waals surface area contributed by atoms with Gasteiger partial charge in [0.05, 0.1) is 13.2 Å². The van der Waals surface area contributed by atoms with E-state index >= 15 is 0 Å². The Bertz CT molecular complexity index is 462. The molecule has 5 heteroatoms. The second-order valence-corrected chi connectivity index (χ2v) is 4.89. The molecule has 1 aliphatic rings. The summed E-state index contributed by atoms with van der Waals surface area (Å²) in [7, 11) is 1.51. The van der Waals surface area contributed by atoms with E-state index in [-0.39, 0.29) is 17.9 Å². The fraction of sp³-hybridized carbons (Fsp3) is 0.500. The number of carbonyl (C=O) groups excluding carboxylic acids is 1. The molecule has 0 saturated heterocycles. The zero-order valence-electron chi connectivity index (χ0n) is 11.1. The largest absolute Gasteiger partial charge is 0.496 e. The van der Waals surface area contributed by atoms with Crippen LogP contribution in [0, 0.1) is 5.92 Å². The molecule has 0 aromatic heterocycles. The lowest BCUT2D eigenvalue weighted by Gasteiger charge is -2.16. The van der Waals surface area contributed by atoms with Crippen molar-refractivity contribution in [2.45, 2.75) is 25.4 Å². The van der Waals surface area contributed by atoms with Crippen molar-refractivity contribution in [2.24, 2.45) is 5.92 Å². The van der Waals surface area contributed by atoms with Crippen LogP contribution in [0.3, 0.4) is 0 Å². The highest BCUT2D eigenvalue weighted by atomic mass is 16.5. The van der Waals surface area contributed by atoms with E-state index in [0.29, 0.717) is 23.5 Å². The monoisotopic (exact) mass is 264 g/mol. The number of hydrogen-bond acceptors (Lipinski definition) is 4. The van der Waals surface area contributed by atoms with Gasteiger partial charge in [-0.05, 0) is 25.0 Å². The van der Waals surface area contributed by atoms with Gasteiger partial charge in [-0.3, -0.25) is 4.79 Å². The first kappa shape index (κ1) is 13.7. The molecule has 1 aliphatic carbocycles. The van der Waals surface area contributed by atoms with Gasteiger partial charge in [-0.25, -0.2) is 0 Å². The highest BCUT2D eigenvalue weighted by Gasteiger charge is 2.26. The lowest BCUT2D eigenvalue weighted by atomic mass is 10.1. The van der Waals surface area contributed by atoms with Crippen LogP contribution in [0.1, 0.15) is 29.6 Å². The van der Waals surface area contributed by atoms with Crippen LogP contribution in [0.4, 0.5) is 5.69 Å². The number of nitrogen functional groups attached to an aromatic ring is 1. The zero-order valence-corrected chi connectivity index (χ0v) is 11.1. The van der Waals surface area contributed by atoms with Crippen LogP contribution in [0.25, 0.3) is 0 Å². The molecule has 1 amide bonds. The summed E-state index contributed by atoms with van der Waals surface area (Å²) in [6.07, 6.45) is 2.47. The van der Waals surface area contributed by atoms with Gasteiger partial charge < -0.3 is 20.9 Å². The summed E-state index contributed by atoms with van der Waals surface area (Å²) in [6.45, 7) is 0.470. The van der Waals surface area contributed by atoms with Crippen LogP contribution in [0.15, 0.2) is 18.2 Å². The van der Waals surface area contributed by atoms with E-state index in [1.807, 2.05) is 0 Å². The van der Waals surface area contributed by atoms with Crippen molar-refractivity contribution >= 4 is 11.6 Å². The molecular weight excluding hydrogens is 244 g/mol. The van der Waals surface area contributed by atoms with Crippen LogP contribution in [0.2, 0.25) is 0 Å². The molecule has 104 valence electrons. The maximum absolute atomic E-state index is 12.2. The molecular formula is C14H20N2O3. The summed E-state index contributed by atoms with van der Waals surface area (Å²) in [5.74, 6) is 0.346. The first-order valence-electron chi connectivity index (χ1n) is 6.52. The normalized spacial score (nSPS) is 22.2. The Kier molecular flexibility index (Phi) is 4.27. The Morgan fingerprint density at radius 1 is 1.53 bits per heavy atom. The SMILES string of the molecule is COc1cccc(N)c1C(=O)NCC1CCCC1O. The van der Waals surface area contributed by atoms with E-state index in [0.717, 1.165) is 19.3 Å². The number of hydrogen-bond donors (Lipinski definition) is 3. The Balaban J connectivity index is 2.03. The van der Waals surface area contributed by atoms with Crippen molar-refractivity contribution in [2.75, 3.05) is 19.4 Å². The average molecular weight is 264 g/mol. The molecule has 1 aromatic carbocycles. The summed E-state index contributed by atoms with van der Waals surface area (Å²) in [5, 5.41) is 12.6. The van der Waals surface area contributed by atoms with Crippen LogP contribution in [-0.2, 0) is 0 Å². The van der Waals surface area contributed by atoms with Gasteiger partial charge in [0.15, 0.2) is 0 Å². The fourth-order valence-corrected chi connectivity index (χ4v) is 2.53. The molecule has 4 N–H and O–H groups in total. The Morgan fingerprint density at radius 3 is 2.95 bits per heavy atom. The maximum Gasteiger partial charge on any atom is 0.257 e. The summed E-state index contributed by atoms with van der Waals surface area (Å²) >= 11 is 0. The number of aliphatic hydroxyl groups is 1. The maximum atomic E-state index is 12.2. The summed E-state index contributed by atoms with van der Waals surface area (Å²) in [4.78, 5) is 12.2. The second kappa shape index (κ2) is 5.93. The van der Waals surface area contributed by atoms with Gasteiger partial charge in [0.2, 0.25) is 0 Å². The van der Waals surface area contributed by atoms with Crippen LogP contribution >= 0.6 is 0 Å². The number of amides is 1.